The molecule has 0 aliphatic heterocycles. The van der Waals surface area contributed by atoms with E-state index in [1.165, 1.54) is 21.8 Å². The highest BCUT2D eigenvalue weighted by Gasteiger charge is 2.35. The Balaban J connectivity index is 2.08. The highest BCUT2D eigenvalue weighted by Crippen LogP contribution is 2.31. The highest BCUT2D eigenvalue weighted by atomic mass is 35.5. The number of aryl methyl sites for hydroxylation is 1. The van der Waals surface area contributed by atoms with E-state index in [0.29, 0.717) is 15.3 Å². The number of aliphatic hydroxyl groups excluding tert-OH is 1. The molecule has 26 heavy (non-hydrogen) atoms. The summed E-state index contributed by atoms with van der Waals surface area (Å²) in [6, 6.07) is 1.89. The molecule has 0 aliphatic carbocycles. The van der Waals surface area contributed by atoms with Crippen LogP contribution in [0.25, 0.3) is 4.96 Å². The molecule has 0 spiro atoms. The first-order valence-corrected chi connectivity index (χ1v) is 8.74. The predicted molar refractivity (Wildman–Crippen MR) is 90.9 cm³/mol. The first-order valence-electron chi connectivity index (χ1n) is 7.55. The Bertz CT molecular complexity index is 1020. The molecular weight excluding hydrogens is 393 g/mol. The summed E-state index contributed by atoms with van der Waals surface area (Å²) in [5.74, 6) is -0.268. The largest absolute Gasteiger partial charge is 0.433 e. The normalized spacial score (nSPS) is 13.5. The summed E-state index contributed by atoms with van der Waals surface area (Å²) in [7, 11) is 0. The van der Waals surface area contributed by atoms with Crippen molar-refractivity contribution in [1.82, 2.24) is 19.2 Å². The molecule has 1 N–H and O–H groups in total. The van der Waals surface area contributed by atoms with Gasteiger partial charge in [0.1, 0.15) is 5.69 Å². The Morgan fingerprint density at radius 1 is 1.38 bits per heavy atom. The van der Waals surface area contributed by atoms with Crippen LogP contribution in [0.15, 0.2) is 16.9 Å². The van der Waals surface area contributed by atoms with Crippen LogP contribution in [0.3, 0.4) is 0 Å². The molecule has 0 radical (unpaired) electrons. The lowest BCUT2D eigenvalue weighted by Crippen LogP contribution is -2.21. The minimum atomic E-state index is -4.62. The van der Waals surface area contributed by atoms with Gasteiger partial charge in [0, 0.05) is 28.6 Å². The molecule has 1 unspecified atom stereocenters. The molecule has 0 fully saturated rings. The number of aromatic nitrogens is 4. The number of nitrogens with zero attached hydrogens (tertiary/aromatic N) is 4. The van der Waals surface area contributed by atoms with E-state index in [1.807, 2.05) is 0 Å². The molecular formula is C15H14ClF3N4O2S. The first kappa shape index (κ1) is 18.9. The molecule has 6 nitrogen and oxygen atoms in total. The number of hydrogen-bond acceptors (Lipinski definition) is 5. The van der Waals surface area contributed by atoms with E-state index in [1.54, 1.807) is 13.8 Å². The molecule has 1 atom stereocenters. The Morgan fingerprint density at radius 3 is 2.69 bits per heavy atom. The van der Waals surface area contributed by atoms with Crippen molar-refractivity contribution in [3.63, 3.8) is 0 Å². The van der Waals surface area contributed by atoms with Crippen molar-refractivity contribution in [2.45, 2.75) is 32.5 Å². The van der Waals surface area contributed by atoms with Crippen molar-refractivity contribution in [2.75, 3.05) is 6.61 Å². The van der Waals surface area contributed by atoms with Crippen LogP contribution >= 0.6 is 22.9 Å². The topological polar surface area (TPSA) is 72.4 Å². The van der Waals surface area contributed by atoms with E-state index >= 15 is 0 Å². The molecule has 0 saturated heterocycles. The molecule has 0 bridgehead atoms. The summed E-state index contributed by atoms with van der Waals surface area (Å²) >= 11 is 6.84. The minimum absolute atomic E-state index is 0.137. The zero-order valence-electron chi connectivity index (χ0n) is 13.7. The van der Waals surface area contributed by atoms with E-state index in [0.717, 1.165) is 10.9 Å². The van der Waals surface area contributed by atoms with Gasteiger partial charge in [0.15, 0.2) is 10.1 Å². The zero-order chi connectivity index (χ0) is 19.2. The fourth-order valence-electron chi connectivity index (χ4n) is 2.77. The Labute approximate surface area is 154 Å². The van der Waals surface area contributed by atoms with E-state index in [2.05, 4.69) is 10.1 Å². The third-order valence-electron chi connectivity index (χ3n) is 3.88. The lowest BCUT2D eigenvalue weighted by atomic mass is 10.1. The minimum Gasteiger partial charge on any atom is -0.396 e. The predicted octanol–water partition coefficient (Wildman–Crippen LogP) is 3.08. The van der Waals surface area contributed by atoms with Crippen molar-refractivity contribution >= 4 is 27.9 Å². The number of fused-ring (bicyclic) bond motifs is 1. The van der Waals surface area contributed by atoms with E-state index in [4.69, 9.17) is 11.6 Å². The zero-order valence-corrected chi connectivity index (χ0v) is 15.3. The van der Waals surface area contributed by atoms with E-state index in [-0.39, 0.29) is 29.9 Å². The molecule has 3 aromatic heterocycles. The van der Waals surface area contributed by atoms with Crippen LogP contribution in [-0.4, -0.2) is 30.9 Å². The lowest BCUT2D eigenvalue weighted by Gasteiger charge is -2.11. The average Bonchev–Trinajstić information content (AvgIpc) is 3.06. The molecule has 0 aliphatic rings. The molecule has 0 saturated carbocycles. The van der Waals surface area contributed by atoms with Gasteiger partial charge in [0.05, 0.1) is 18.8 Å². The van der Waals surface area contributed by atoms with Gasteiger partial charge in [0.2, 0.25) is 0 Å². The van der Waals surface area contributed by atoms with Gasteiger partial charge >= 0.3 is 6.18 Å². The second-order valence-corrected chi connectivity index (χ2v) is 7.41. The standard InChI is InChI=1S/C15H14ClF3N4O2S/c1-7(6-24)13-8(2)26-14-20-9(3-12(25)23(13)14)5-22-10(15(17,18)19)4-11(16)21-22/h3-4,7,24H,5-6H2,1-2H3. The fraction of sp³-hybridized carbons (Fsp3) is 0.400. The van der Waals surface area contributed by atoms with Crippen molar-refractivity contribution in [2.24, 2.45) is 0 Å². The van der Waals surface area contributed by atoms with Gasteiger partial charge in [-0.3, -0.25) is 13.9 Å². The Hall–Kier alpha value is -1.91. The maximum Gasteiger partial charge on any atom is 0.433 e. The number of hydrogen-bond donors (Lipinski definition) is 1. The maximum absolute atomic E-state index is 13.1. The number of rotatable bonds is 4. The Kier molecular flexibility index (Phi) is 4.84. The fourth-order valence-corrected chi connectivity index (χ4v) is 4.07. The van der Waals surface area contributed by atoms with Crippen molar-refractivity contribution in [1.29, 1.82) is 0 Å². The maximum atomic E-state index is 13.1. The van der Waals surface area contributed by atoms with Gasteiger partial charge in [-0.05, 0) is 6.92 Å². The van der Waals surface area contributed by atoms with Gasteiger partial charge in [0.25, 0.3) is 5.56 Å². The summed E-state index contributed by atoms with van der Waals surface area (Å²) in [4.78, 5) is 18.0. The first-order chi connectivity index (χ1) is 12.1. The van der Waals surface area contributed by atoms with Crippen molar-refractivity contribution in [3.05, 3.63) is 49.6 Å². The number of aliphatic hydroxyl groups is 1. The molecule has 3 heterocycles. The van der Waals surface area contributed by atoms with Crippen molar-refractivity contribution in [3.8, 4) is 0 Å². The monoisotopic (exact) mass is 406 g/mol. The summed E-state index contributed by atoms with van der Waals surface area (Å²) < 4.78 is 41.2. The van der Waals surface area contributed by atoms with Crippen LogP contribution in [0.1, 0.15) is 34.8 Å². The van der Waals surface area contributed by atoms with Gasteiger partial charge in [-0.25, -0.2) is 4.98 Å². The molecule has 140 valence electrons. The van der Waals surface area contributed by atoms with Crippen LogP contribution in [0.5, 0.6) is 0 Å². The van der Waals surface area contributed by atoms with Crippen LogP contribution in [0.4, 0.5) is 13.2 Å². The number of thiazole rings is 1. The van der Waals surface area contributed by atoms with Crippen molar-refractivity contribution < 1.29 is 18.3 Å². The van der Waals surface area contributed by atoms with Crippen LogP contribution in [0, 0.1) is 6.92 Å². The Morgan fingerprint density at radius 2 is 2.08 bits per heavy atom. The van der Waals surface area contributed by atoms with Gasteiger partial charge in [-0.1, -0.05) is 18.5 Å². The third-order valence-corrected chi connectivity index (χ3v) is 5.04. The quantitative estimate of drug-likeness (QED) is 0.722. The number of alkyl halides is 3. The summed E-state index contributed by atoms with van der Waals surface area (Å²) in [5.41, 5.74) is -0.641. The van der Waals surface area contributed by atoms with E-state index < -0.39 is 17.4 Å². The molecule has 3 aromatic rings. The second kappa shape index (κ2) is 6.67. The summed E-state index contributed by atoms with van der Waals surface area (Å²) in [6.45, 7) is 3.10. The molecule has 11 heteroatoms. The average molecular weight is 407 g/mol. The molecule has 3 rings (SSSR count). The SMILES string of the molecule is Cc1sc2nc(Cn3nc(Cl)cc3C(F)(F)F)cc(=O)n2c1C(C)CO. The second-order valence-electron chi connectivity index (χ2n) is 5.84. The van der Waals surface area contributed by atoms with Crippen LogP contribution in [0.2, 0.25) is 5.15 Å². The van der Waals surface area contributed by atoms with Gasteiger partial charge in [-0.15, -0.1) is 11.3 Å². The third kappa shape index (κ3) is 3.36. The van der Waals surface area contributed by atoms with Crippen LogP contribution in [-0.2, 0) is 12.7 Å². The van der Waals surface area contributed by atoms with E-state index in [9.17, 15) is 23.1 Å². The molecule has 0 aromatic carbocycles. The summed E-state index contributed by atoms with van der Waals surface area (Å²) in [5, 5.41) is 12.7. The lowest BCUT2D eigenvalue weighted by molar-refractivity contribution is -0.144. The smallest absolute Gasteiger partial charge is 0.396 e. The number of halogens is 4. The molecule has 0 amide bonds. The summed E-state index contributed by atoms with van der Waals surface area (Å²) in [6.07, 6.45) is -4.62. The van der Waals surface area contributed by atoms with Gasteiger partial charge < -0.3 is 5.11 Å². The highest BCUT2D eigenvalue weighted by molar-refractivity contribution is 7.17. The van der Waals surface area contributed by atoms with Gasteiger partial charge in [-0.2, -0.15) is 18.3 Å². The van der Waals surface area contributed by atoms with Crippen LogP contribution < -0.4 is 5.56 Å².